The summed E-state index contributed by atoms with van der Waals surface area (Å²) in [5.41, 5.74) is 16.7. The highest BCUT2D eigenvalue weighted by molar-refractivity contribution is 6.10. The summed E-state index contributed by atoms with van der Waals surface area (Å²) in [6.45, 7) is 13.8. The van der Waals surface area contributed by atoms with Crippen molar-refractivity contribution in [3.8, 4) is 45.6 Å². The van der Waals surface area contributed by atoms with E-state index in [0.29, 0.717) is 60.3 Å². The van der Waals surface area contributed by atoms with Crippen molar-refractivity contribution in [1.82, 2.24) is 39.9 Å². The van der Waals surface area contributed by atoms with Gasteiger partial charge in [0.05, 0.1) is 0 Å². The van der Waals surface area contributed by atoms with Gasteiger partial charge < -0.3 is 20.2 Å². The van der Waals surface area contributed by atoms with Crippen molar-refractivity contribution >= 4 is 56.1 Å². The molecule has 0 spiro atoms. The van der Waals surface area contributed by atoms with Gasteiger partial charge in [0.15, 0.2) is 23.3 Å². The van der Waals surface area contributed by atoms with Crippen LogP contribution in [0.5, 0.6) is 0 Å². The minimum Gasteiger partial charge on any atom is -0.481 e. The van der Waals surface area contributed by atoms with E-state index < -0.39 is 11.9 Å². The summed E-state index contributed by atoms with van der Waals surface area (Å²) in [5.74, 6) is 0.968. The Kier molecular flexibility index (Phi) is 40.7. The van der Waals surface area contributed by atoms with Crippen molar-refractivity contribution in [2.24, 2.45) is 0 Å². The molecule has 4 N–H and O–H groups in total. The topological polar surface area (TPSA) is 184 Å². The number of carboxylic acids is 2. The molecule has 12 nitrogen and oxygen atoms in total. The average Bonchev–Trinajstić information content (AvgIpc) is 1.58. The van der Waals surface area contributed by atoms with Gasteiger partial charge in [-0.1, -0.05) is 360 Å². The van der Waals surface area contributed by atoms with Crippen molar-refractivity contribution < 1.29 is 19.8 Å². The van der Waals surface area contributed by atoms with Gasteiger partial charge >= 0.3 is 11.9 Å². The number of unbranched alkanes of at least 4 members (excludes halogenated alkanes) is 42. The quantitative estimate of drug-likeness (QED) is 0.0268. The molecule has 2 aliphatic rings. The lowest BCUT2D eigenvalue weighted by molar-refractivity contribution is -0.138. The molecule has 0 saturated carbocycles. The summed E-state index contributed by atoms with van der Waals surface area (Å²) < 4.78 is 0. The van der Waals surface area contributed by atoms with Gasteiger partial charge in [0.1, 0.15) is 22.6 Å². The Bertz CT molecular complexity index is 3870. The molecule has 2 aliphatic heterocycles. The van der Waals surface area contributed by atoms with E-state index >= 15 is 0 Å². The first-order chi connectivity index (χ1) is 55.1. The zero-order valence-corrected chi connectivity index (χ0v) is 71.4. The molecule has 0 aliphatic carbocycles. The van der Waals surface area contributed by atoms with Gasteiger partial charge in [0, 0.05) is 56.6 Å². The highest BCUT2D eigenvalue weighted by Crippen LogP contribution is 2.45. The molecule has 0 fully saturated rings. The van der Waals surface area contributed by atoms with E-state index in [1.165, 1.54) is 277 Å². The Labute approximate surface area is 677 Å². The minimum atomic E-state index is -0.828. The third-order valence-corrected chi connectivity index (χ3v) is 24.6. The first kappa shape index (κ1) is 89.1. The van der Waals surface area contributed by atoms with Crippen LogP contribution in [0.15, 0.2) is 48.5 Å². The molecule has 3 aromatic heterocycles. The summed E-state index contributed by atoms with van der Waals surface area (Å²) in [6.07, 6.45) is 66.7. The fourth-order valence-electron chi connectivity index (χ4n) is 18.1. The Hall–Kier alpha value is -6.82. The Balaban J connectivity index is 1.38. The van der Waals surface area contributed by atoms with Crippen LogP contribution in [0.2, 0.25) is 0 Å². The van der Waals surface area contributed by atoms with Crippen molar-refractivity contribution in [1.29, 1.82) is 0 Å². The normalized spacial score (nSPS) is 12.0. The molecule has 0 atom stereocenters. The number of aliphatic carboxylic acids is 2. The van der Waals surface area contributed by atoms with Crippen LogP contribution in [0.3, 0.4) is 0 Å². The van der Waals surface area contributed by atoms with Crippen LogP contribution < -0.4 is 0 Å². The zero-order chi connectivity index (χ0) is 78.8. The molecule has 0 saturated heterocycles. The fraction of sp³-hybridized carbons (Fsp3) is 0.660. The van der Waals surface area contributed by atoms with Crippen molar-refractivity contribution in [3.63, 3.8) is 0 Å². The summed E-state index contributed by atoms with van der Waals surface area (Å²) in [6, 6.07) is 18.8. The number of hydrogen-bond donors (Lipinski definition) is 4. The number of aromatic amines is 2. The fourth-order valence-corrected chi connectivity index (χ4v) is 18.1. The van der Waals surface area contributed by atoms with Crippen LogP contribution in [0.25, 0.3) is 89.7 Å². The molecule has 8 bridgehead atoms. The third-order valence-electron chi connectivity index (χ3n) is 24.6. The van der Waals surface area contributed by atoms with Crippen LogP contribution in [0.4, 0.5) is 0 Å². The Morgan fingerprint density at radius 2 is 0.384 bits per heavy atom. The van der Waals surface area contributed by atoms with Gasteiger partial charge in [-0.3, -0.25) is 9.59 Å². The maximum atomic E-state index is 12.4. The average molecular weight is 1530 g/mol. The number of aryl methyl sites for hydroxylation is 8. The lowest BCUT2D eigenvalue weighted by atomic mass is 9.90. The molecule has 5 heterocycles. The van der Waals surface area contributed by atoms with Crippen LogP contribution in [0.1, 0.15) is 420 Å². The number of aromatic nitrogens is 8. The number of carboxylic acid groups (broad SMARTS) is 2. The predicted octanol–water partition coefficient (Wildman–Crippen LogP) is 29.8. The Morgan fingerprint density at radius 1 is 0.223 bits per heavy atom. The molecule has 614 valence electrons. The van der Waals surface area contributed by atoms with Gasteiger partial charge in [-0.15, -0.1) is 0 Å². The zero-order valence-electron chi connectivity index (χ0n) is 71.4. The highest BCUT2D eigenvalue weighted by Gasteiger charge is 2.30. The van der Waals surface area contributed by atoms with Crippen LogP contribution in [-0.4, -0.2) is 62.0 Å². The predicted molar refractivity (Wildman–Crippen MR) is 475 cm³/mol. The van der Waals surface area contributed by atoms with Gasteiger partial charge in [0.25, 0.3) is 0 Å². The maximum Gasteiger partial charge on any atom is 0.303 e. The molecular weight excluding hydrogens is 1380 g/mol. The molecule has 0 unspecified atom stereocenters. The van der Waals surface area contributed by atoms with Crippen LogP contribution >= 0.6 is 0 Å². The van der Waals surface area contributed by atoms with Crippen LogP contribution in [-0.2, 0) is 61.0 Å². The maximum absolute atomic E-state index is 12.4. The molecule has 4 aromatic carbocycles. The van der Waals surface area contributed by atoms with Gasteiger partial charge in [0.2, 0.25) is 0 Å². The monoisotopic (exact) mass is 1530 g/mol. The lowest BCUT2D eigenvalue weighted by Gasteiger charge is -2.13. The standard InChI is InChI=1S/C100H150N8O4/c1-7-13-19-25-31-37-43-49-57-75-67-68-76(58-50-44-38-32-26-20-14-8-2)86-85(75)93-101-94(86)103-96-88-78(60-52-46-40-34-28-22-16-10-4)70-72-80(62-54-48-42-36-30-24-18-12-6)90(88)98(105-96)107-100-92-82(64-56-66-84(111)112)74-73-81(63-55-65-83(109)110)91(92)99(108-100)106-97-89-79(61-53-47-41-35-29-23-17-11-5)71-69-77(87(89)95(102-93)104-97)59-51-45-39-33-27-21-15-9-3/h67-74H,7-66H2,1-6H3,(H,109,110)(H,111,112)(H2,101,102,103,104,105,106,107,108). The second-order valence-corrected chi connectivity index (χ2v) is 34.0. The second kappa shape index (κ2) is 51.2. The summed E-state index contributed by atoms with van der Waals surface area (Å²) >= 11 is 0. The number of rotatable bonds is 62. The molecule has 112 heavy (non-hydrogen) atoms. The molecule has 0 radical (unpaired) electrons. The van der Waals surface area contributed by atoms with Gasteiger partial charge in [-0.25, -0.2) is 29.9 Å². The number of hydrogen-bond acceptors (Lipinski definition) is 8. The smallest absolute Gasteiger partial charge is 0.303 e. The van der Waals surface area contributed by atoms with Crippen molar-refractivity contribution in [2.75, 3.05) is 0 Å². The van der Waals surface area contributed by atoms with E-state index in [0.717, 1.165) is 169 Å². The number of H-pyrrole nitrogens is 2. The van der Waals surface area contributed by atoms with E-state index in [1.54, 1.807) is 0 Å². The van der Waals surface area contributed by atoms with E-state index in [9.17, 15) is 19.8 Å². The summed E-state index contributed by atoms with van der Waals surface area (Å²) in [5, 5.41) is 24.5. The van der Waals surface area contributed by atoms with Gasteiger partial charge in [-0.2, -0.15) is 0 Å². The lowest BCUT2D eigenvalue weighted by Crippen LogP contribution is -1.99. The van der Waals surface area contributed by atoms with E-state index in [4.69, 9.17) is 29.9 Å². The number of nitrogens with one attached hydrogen (secondary N) is 2. The van der Waals surface area contributed by atoms with Crippen molar-refractivity contribution in [2.45, 2.75) is 427 Å². The number of carbonyl (C=O) groups is 2. The SMILES string of the molecule is CCCCCCCCCCc1ccc(CCCCCCCCCC)c2c1-c1nc-2nc2[nH]c(nc3nc(nc4[nH]c(n1)c1c(CCCCCCCCCC)ccc(CCCCCCCCCC)c41)-c1c(CCCCCCCCCC)ccc(CCCCCCCCCC)c1-3)c1c(CCCC(=O)O)ccc(CCCC(=O)O)c21. The van der Waals surface area contributed by atoms with Gasteiger partial charge in [-0.05, 0) is 147 Å². The summed E-state index contributed by atoms with van der Waals surface area (Å²) in [7, 11) is 0. The number of fused-ring (bicyclic) bond motifs is 20. The summed E-state index contributed by atoms with van der Waals surface area (Å²) in [4.78, 5) is 68.8. The molecule has 0 amide bonds. The molecule has 7 aromatic rings. The van der Waals surface area contributed by atoms with E-state index in [-0.39, 0.29) is 12.8 Å². The third kappa shape index (κ3) is 27.7. The van der Waals surface area contributed by atoms with E-state index in [2.05, 4.69) is 100 Å². The van der Waals surface area contributed by atoms with Crippen LogP contribution in [0, 0.1) is 0 Å². The molecular formula is C100H150N8O4. The minimum absolute atomic E-state index is 0.0226. The van der Waals surface area contributed by atoms with Crippen molar-refractivity contribution in [3.05, 3.63) is 93.0 Å². The largest absolute Gasteiger partial charge is 0.481 e. The molecule has 12 heteroatoms. The number of benzene rings is 4. The first-order valence-corrected chi connectivity index (χ1v) is 47.0. The molecule has 9 rings (SSSR count). The number of nitrogens with zero attached hydrogens (tertiary/aromatic N) is 6. The second-order valence-electron chi connectivity index (χ2n) is 34.0. The highest BCUT2D eigenvalue weighted by atomic mass is 16.4. The van der Waals surface area contributed by atoms with E-state index in [1.807, 2.05) is 0 Å². The first-order valence-electron chi connectivity index (χ1n) is 47.0. The Morgan fingerprint density at radius 3 is 0.571 bits per heavy atom.